The number of rotatable bonds is 4. The second-order valence-electron chi connectivity index (χ2n) is 6.94. The summed E-state index contributed by atoms with van der Waals surface area (Å²) in [6.07, 6.45) is 5.02. The quantitative estimate of drug-likeness (QED) is 0.769. The lowest BCUT2D eigenvalue weighted by atomic mass is 9.99. The molecule has 4 rings (SSSR count). The van der Waals surface area contributed by atoms with Gasteiger partial charge in [0.25, 0.3) is 5.91 Å². The largest absolute Gasteiger partial charge is 0.352 e. The second kappa shape index (κ2) is 6.37. The summed E-state index contributed by atoms with van der Waals surface area (Å²) in [5.74, 6) is 0.0177. The van der Waals surface area contributed by atoms with Crippen LogP contribution in [0.4, 0.5) is 0 Å². The van der Waals surface area contributed by atoms with E-state index in [2.05, 4.69) is 59.3 Å². The van der Waals surface area contributed by atoms with Gasteiger partial charge in [0.2, 0.25) is 0 Å². The molecule has 1 aliphatic heterocycles. The van der Waals surface area contributed by atoms with Gasteiger partial charge in [0.05, 0.1) is 11.1 Å². The van der Waals surface area contributed by atoms with E-state index in [1.54, 1.807) is 0 Å². The molecule has 2 aromatic heterocycles. The smallest absolute Gasteiger partial charge is 0.253 e. The van der Waals surface area contributed by atoms with Gasteiger partial charge in [0.15, 0.2) is 0 Å². The van der Waals surface area contributed by atoms with Crippen LogP contribution in [0.15, 0.2) is 48.8 Å². The molecule has 0 bridgehead atoms. The van der Waals surface area contributed by atoms with Crippen molar-refractivity contribution in [2.75, 3.05) is 6.54 Å². The first kappa shape index (κ1) is 15.9. The van der Waals surface area contributed by atoms with Crippen LogP contribution >= 0.6 is 0 Å². The molecule has 2 N–H and O–H groups in total. The summed E-state index contributed by atoms with van der Waals surface area (Å²) in [7, 11) is 0. The SMILES string of the molecule is CC(C)NCc1ccc(-c2cn3cccc4c3c2CCNC4=O)cc1. The van der Waals surface area contributed by atoms with E-state index in [4.69, 9.17) is 0 Å². The molecule has 0 saturated carbocycles. The van der Waals surface area contributed by atoms with Gasteiger partial charge in [0.1, 0.15) is 0 Å². The van der Waals surface area contributed by atoms with Crippen molar-refractivity contribution in [3.63, 3.8) is 0 Å². The van der Waals surface area contributed by atoms with Gasteiger partial charge in [-0.25, -0.2) is 0 Å². The molecule has 0 fully saturated rings. The zero-order chi connectivity index (χ0) is 17.4. The van der Waals surface area contributed by atoms with Crippen molar-refractivity contribution in [2.24, 2.45) is 0 Å². The third-order valence-corrected chi connectivity index (χ3v) is 4.79. The Morgan fingerprint density at radius 3 is 2.72 bits per heavy atom. The number of benzene rings is 1. The molecule has 1 amide bonds. The summed E-state index contributed by atoms with van der Waals surface area (Å²) in [5, 5.41) is 6.44. The molecule has 0 unspecified atom stereocenters. The minimum Gasteiger partial charge on any atom is -0.352 e. The van der Waals surface area contributed by atoms with Crippen molar-refractivity contribution >= 4 is 11.4 Å². The molecule has 0 atom stereocenters. The maximum atomic E-state index is 12.3. The average molecular weight is 333 g/mol. The predicted molar refractivity (Wildman–Crippen MR) is 101 cm³/mol. The summed E-state index contributed by atoms with van der Waals surface area (Å²) >= 11 is 0. The number of nitrogens with zero attached hydrogens (tertiary/aromatic N) is 1. The average Bonchev–Trinajstić information content (AvgIpc) is 2.89. The van der Waals surface area contributed by atoms with E-state index < -0.39 is 0 Å². The van der Waals surface area contributed by atoms with Crippen LogP contribution in [0.25, 0.3) is 16.6 Å². The van der Waals surface area contributed by atoms with Gasteiger partial charge in [-0.3, -0.25) is 4.79 Å². The fourth-order valence-electron chi connectivity index (χ4n) is 3.50. The number of hydrogen-bond donors (Lipinski definition) is 2. The van der Waals surface area contributed by atoms with Crippen molar-refractivity contribution in [2.45, 2.75) is 32.9 Å². The molecule has 1 aromatic carbocycles. The second-order valence-corrected chi connectivity index (χ2v) is 6.94. The van der Waals surface area contributed by atoms with Gasteiger partial charge in [-0.1, -0.05) is 38.1 Å². The standard InChI is InChI=1S/C21H23N3O/c1-14(2)23-12-15-5-7-16(8-6-15)19-13-24-11-3-4-18-20(24)17(19)9-10-22-21(18)25/h3-8,11,13-14,23H,9-10,12H2,1-2H3,(H,22,25). The molecular formula is C21H23N3O. The maximum absolute atomic E-state index is 12.3. The van der Waals surface area contributed by atoms with Crippen molar-refractivity contribution in [1.82, 2.24) is 15.0 Å². The van der Waals surface area contributed by atoms with E-state index in [0.29, 0.717) is 12.6 Å². The van der Waals surface area contributed by atoms with E-state index in [-0.39, 0.29) is 5.91 Å². The molecular weight excluding hydrogens is 310 g/mol. The summed E-state index contributed by atoms with van der Waals surface area (Å²) in [5.41, 5.74) is 6.75. The Morgan fingerprint density at radius 2 is 1.96 bits per heavy atom. The fraction of sp³-hybridized carbons (Fsp3) is 0.286. The highest BCUT2D eigenvalue weighted by atomic mass is 16.1. The van der Waals surface area contributed by atoms with Crippen LogP contribution in [0.2, 0.25) is 0 Å². The lowest BCUT2D eigenvalue weighted by molar-refractivity contribution is 0.0957. The maximum Gasteiger partial charge on any atom is 0.253 e. The molecule has 1 aliphatic rings. The minimum absolute atomic E-state index is 0.0177. The highest BCUT2D eigenvalue weighted by Gasteiger charge is 2.21. The Hall–Kier alpha value is -2.59. The first-order valence-corrected chi connectivity index (χ1v) is 8.87. The molecule has 4 nitrogen and oxygen atoms in total. The highest BCUT2D eigenvalue weighted by molar-refractivity contribution is 6.03. The van der Waals surface area contributed by atoms with E-state index in [0.717, 1.165) is 24.0 Å². The van der Waals surface area contributed by atoms with Crippen LogP contribution in [0.5, 0.6) is 0 Å². The van der Waals surface area contributed by atoms with Crippen LogP contribution in [0.3, 0.4) is 0 Å². The number of aromatic nitrogens is 1. The van der Waals surface area contributed by atoms with Crippen molar-refractivity contribution in [1.29, 1.82) is 0 Å². The number of amides is 1. The fourth-order valence-corrected chi connectivity index (χ4v) is 3.50. The number of pyridine rings is 1. The summed E-state index contributed by atoms with van der Waals surface area (Å²) in [4.78, 5) is 12.3. The van der Waals surface area contributed by atoms with Gasteiger partial charge < -0.3 is 15.0 Å². The molecule has 0 saturated heterocycles. The van der Waals surface area contributed by atoms with E-state index in [1.807, 2.05) is 18.3 Å². The molecule has 0 radical (unpaired) electrons. The molecule has 3 heterocycles. The lowest BCUT2D eigenvalue weighted by Crippen LogP contribution is -2.23. The Kier molecular flexibility index (Phi) is 4.06. The number of nitrogens with one attached hydrogen (secondary N) is 2. The van der Waals surface area contributed by atoms with Crippen molar-refractivity contribution in [3.8, 4) is 11.1 Å². The third-order valence-electron chi connectivity index (χ3n) is 4.79. The molecule has 0 spiro atoms. The Balaban J connectivity index is 1.75. The van der Waals surface area contributed by atoms with Crippen LogP contribution in [0, 0.1) is 0 Å². The monoisotopic (exact) mass is 333 g/mol. The van der Waals surface area contributed by atoms with Gasteiger partial charge in [-0.2, -0.15) is 0 Å². The van der Waals surface area contributed by atoms with E-state index >= 15 is 0 Å². The van der Waals surface area contributed by atoms with Crippen LogP contribution < -0.4 is 10.6 Å². The van der Waals surface area contributed by atoms with Gasteiger partial charge in [-0.05, 0) is 35.2 Å². The Morgan fingerprint density at radius 1 is 1.16 bits per heavy atom. The first-order valence-electron chi connectivity index (χ1n) is 8.87. The van der Waals surface area contributed by atoms with Crippen LogP contribution in [-0.2, 0) is 13.0 Å². The zero-order valence-electron chi connectivity index (χ0n) is 14.7. The lowest BCUT2D eigenvalue weighted by Gasteiger charge is -2.09. The van der Waals surface area contributed by atoms with E-state index in [9.17, 15) is 4.79 Å². The minimum atomic E-state index is 0.0177. The zero-order valence-corrected chi connectivity index (χ0v) is 14.7. The van der Waals surface area contributed by atoms with Gasteiger partial charge >= 0.3 is 0 Å². The molecule has 4 heteroatoms. The van der Waals surface area contributed by atoms with Gasteiger partial charge in [-0.15, -0.1) is 0 Å². The predicted octanol–water partition coefficient (Wildman–Crippen LogP) is 3.39. The summed E-state index contributed by atoms with van der Waals surface area (Å²) in [6.45, 7) is 5.87. The highest BCUT2D eigenvalue weighted by Crippen LogP contribution is 2.32. The first-order chi connectivity index (χ1) is 12.1. The Bertz CT molecular complexity index is 922. The van der Waals surface area contributed by atoms with Crippen LogP contribution in [0.1, 0.15) is 35.3 Å². The third kappa shape index (κ3) is 2.94. The molecule has 25 heavy (non-hydrogen) atoms. The Labute approximate surface area is 147 Å². The topological polar surface area (TPSA) is 45.5 Å². The van der Waals surface area contributed by atoms with Crippen LogP contribution in [-0.4, -0.2) is 22.9 Å². The summed E-state index contributed by atoms with van der Waals surface area (Å²) in [6, 6.07) is 13.0. The van der Waals surface area contributed by atoms with E-state index in [1.165, 1.54) is 22.3 Å². The number of carbonyl (C=O) groups excluding carboxylic acids is 1. The number of carbonyl (C=O) groups is 1. The van der Waals surface area contributed by atoms with Crippen molar-refractivity contribution < 1.29 is 4.79 Å². The molecule has 0 aliphatic carbocycles. The summed E-state index contributed by atoms with van der Waals surface area (Å²) < 4.78 is 2.08. The molecule has 128 valence electrons. The van der Waals surface area contributed by atoms with Crippen molar-refractivity contribution in [3.05, 3.63) is 65.5 Å². The number of hydrogen-bond acceptors (Lipinski definition) is 2. The van der Waals surface area contributed by atoms with Gasteiger partial charge in [0, 0.05) is 37.1 Å². The molecule has 3 aromatic rings. The normalized spacial score (nSPS) is 14.0.